The van der Waals surface area contributed by atoms with Crippen molar-refractivity contribution in [2.75, 3.05) is 18.0 Å². The van der Waals surface area contributed by atoms with Crippen LogP contribution in [-0.4, -0.2) is 44.4 Å². The first-order valence-electron chi connectivity index (χ1n) is 7.50. The number of halogens is 1. The first-order valence-corrected chi connectivity index (χ1v) is 7.50. The number of ether oxygens (including phenoxy) is 1. The zero-order valence-corrected chi connectivity index (χ0v) is 12.3. The predicted molar refractivity (Wildman–Crippen MR) is 80.8 cm³/mol. The summed E-state index contributed by atoms with van der Waals surface area (Å²) in [6.45, 7) is 1.68. The van der Waals surface area contributed by atoms with Crippen LogP contribution >= 0.6 is 0 Å². The second kappa shape index (κ2) is 5.79. The van der Waals surface area contributed by atoms with Crippen molar-refractivity contribution >= 4 is 11.5 Å². The topological polar surface area (TPSA) is 68.4 Å². The third-order valence-corrected chi connectivity index (χ3v) is 3.94. The van der Waals surface area contributed by atoms with Gasteiger partial charge in [0.15, 0.2) is 11.5 Å². The summed E-state index contributed by atoms with van der Waals surface area (Å²) in [5, 5.41) is 15.6. The Labute approximate surface area is 131 Å². The Morgan fingerprint density at radius 2 is 1.83 bits per heavy atom. The van der Waals surface area contributed by atoms with Gasteiger partial charge in [-0.15, -0.1) is 14.8 Å². The van der Waals surface area contributed by atoms with E-state index >= 15 is 0 Å². The number of nitrogens with zero attached hydrogens (tertiary/aromatic N) is 6. The average molecular weight is 314 g/mol. The maximum atomic E-state index is 12.9. The summed E-state index contributed by atoms with van der Waals surface area (Å²) in [5.74, 6) is 1.30. The van der Waals surface area contributed by atoms with Crippen LogP contribution in [-0.2, 0) is 0 Å². The minimum Gasteiger partial charge on any atom is -0.490 e. The number of anilines is 1. The third kappa shape index (κ3) is 2.92. The Bertz CT molecular complexity index is 797. The van der Waals surface area contributed by atoms with Gasteiger partial charge in [0.2, 0.25) is 0 Å². The largest absolute Gasteiger partial charge is 0.490 e. The van der Waals surface area contributed by atoms with Crippen LogP contribution in [0, 0.1) is 5.82 Å². The molecule has 0 aliphatic carbocycles. The first-order chi connectivity index (χ1) is 11.3. The molecule has 8 heteroatoms. The van der Waals surface area contributed by atoms with Gasteiger partial charge in [-0.05, 0) is 46.8 Å². The highest BCUT2D eigenvalue weighted by atomic mass is 19.1. The normalized spacial score (nSPS) is 16.0. The molecule has 0 spiro atoms. The van der Waals surface area contributed by atoms with Crippen molar-refractivity contribution in [3.63, 3.8) is 0 Å². The van der Waals surface area contributed by atoms with Crippen molar-refractivity contribution in [2.24, 2.45) is 0 Å². The summed E-state index contributed by atoms with van der Waals surface area (Å²) in [6.07, 6.45) is 1.90. The van der Waals surface area contributed by atoms with E-state index in [0.717, 1.165) is 31.7 Å². The van der Waals surface area contributed by atoms with Crippen LogP contribution < -0.4 is 9.64 Å². The maximum absolute atomic E-state index is 12.9. The lowest BCUT2D eigenvalue weighted by molar-refractivity contribution is 0.170. The van der Waals surface area contributed by atoms with Gasteiger partial charge in [0.25, 0.3) is 0 Å². The smallest absolute Gasteiger partial charge is 0.200 e. The minimum atomic E-state index is -0.253. The Morgan fingerprint density at radius 3 is 2.61 bits per heavy atom. The van der Waals surface area contributed by atoms with Gasteiger partial charge in [0.05, 0.1) is 0 Å². The summed E-state index contributed by atoms with van der Waals surface area (Å²) < 4.78 is 20.2. The summed E-state index contributed by atoms with van der Waals surface area (Å²) >= 11 is 0. The van der Waals surface area contributed by atoms with E-state index in [2.05, 4.69) is 25.5 Å². The molecule has 0 radical (unpaired) electrons. The fourth-order valence-electron chi connectivity index (χ4n) is 2.72. The van der Waals surface area contributed by atoms with Crippen LogP contribution in [0.2, 0.25) is 0 Å². The molecule has 4 rings (SSSR count). The third-order valence-electron chi connectivity index (χ3n) is 3.94. The Hall–Kier alpha value is -2.77. The van der Waals surface area contributed by atoms with Crippen LogP contribution in [0.25, 0.3) is 5.65 Å². The number of rotatable bonds is 3. The fraction of sp³-hybridized carbons (Fsp3) is 0.333. The molecule has 3 heterocycles. The molecule has 1 aliphatic rings. The standard InChI is InChI=1S/C15H15FN6O/c16-11-1-3-12(4-2-11)23-13-7-9-21(10-8-13)15-6-5-14-17-19-20-22(14)18-15/h1-6,13H,7-10H2. The lowest BCUT2D eigenvalue weighted by atomic mass is 10.1. The molecule has 2 aromatic heterocycles. The van der Waals surface area contributed by atoms with Gasteiger partial charge in [-0.25, -0.2) is 4.39 Å². The van der Waals surface area contributed by atoms with Crippen molar-refractivity contribution in [3.8, 4) is 5.75 Å². The number of piperidine rings is 1. The van der Waals surface area contributed by atoms with Crippen molar-refractivity contribution in [1.82, 2.24) is 25.3 Å². The quantitative estimate of drug-likeness (QED) is 0.733. The molecule has 0 unspecified atom stereocenters. The minimum absolute atomic E-state index is 0.133. The number of hydrogen-bond acceptors (Lipinski definition) is 6. The summed E-state index contributed by atoms with van der Waals surface area (Å²) in [6, 6.07) is 9.92. The maximum Gasteiger partial charge on any atom is 0.200 e. The van der Waals surface area contributed by atoms with E-state index < -0.39 is 0 Å². The van der Waals surface area contributed by atoms with E-state index in [-0.39, 0.29) is 11.9 Å². The first kappa shape index (κ1) is 13.9. The molecule has 3 aromatic rings. The van der Waals surface area contributed by atoms with Gasteiger partial charge in [0, 0.05) is 25.9 Å². The van der Waals surface area contributed by atoms with E-state index in [1.807, 2.05) is 12.1 Å². The second-order valence-corrected chi connectivity index (χ2v) is 5.48. The lowest BCUT2D eigenvalue weighted by Crippen LogP contribution is -2.38. The van der Waals surface area contributed by atoms with E-state index in [9.17, 15) is 4.39 Å². The van der Waals surface area contributed by atoms with Crippen molar-refractivity contribution < 1.29 is 9.13 Å². The lowest BCUT2D eigenvalue weighted by Gasteiger charge is -2.32. The number of benzene rings is 1. The van der Waals surface area contributed by atoms with Crippen molar-refractivity contribution in [2.45, 2.75) is 18.9 Å². The molecule has 0 saturated carbocycles. The molecule has 23 heavy (non-hydrogen) atoms. The monoisotopic (exact) mass is 314 g/mol. The van der Waals surface area contributed by atoms with Crippen molar-refractivity contribution in [3.05, 3.63) is 42.2 Å². The van der Waals surface area contributed by atoms with Crippen LogP contribution in [0.15, 0.2) is 36.4 Å². The number of fused-ring (bicyclic) bond motifs is 1. The van der Waals surface area contributed by atoms with Crippen LogP contribution in [0.4, 0.5) is 10.2 Å². The molecule has 1 aromatic carbocycles. The number of tetrazole rings is 1. The van der Waals surface area contributed by atoms with E-state index in [1.165, 1.54) is 16.8 Å². The van der Waals surface area contributed by atoms with E-state index in [0.29, 0.717) is 11.4 Å². The summed E-state index contributed by atoms with van der Waals surface area (Å²) in [7, 11) is 0. The number of aromatic nitrogens is 5. The molecule has 0 N–H and O–H groups in total. The Morgan fingerprint density at radius 1 is 1.04 bits per heavy atom. The van der Waals surface area contributed by atoms with Crippen LogP contribution in [0.3, 0.4) is 0 Å². The number of hydrogen-bond donors (Lipinski definition) is 0. The predicted octanol–water partition coefficient (Wildman–Crippen LogP) is 1.71. The molecule has 0 amide bonds. The highest BCUT2D eigenvalue weighted by Gasteiger charge is 2.22. The molecule has 1 aliphatic heterocycles. The van der Waals surface area contributed by atoms with Gasteiger partial charge in [-0.2, -0.15) is 0 Å². The van der Waals surface area contributed by atoms with Crippen LogP contribution in [0.1, 0.15) is 12.8 Å². The van der Waals surface area contributed by atoms with Gasteiger partial charge in [-0.1, -0.05) is 0 Å². The van der Waals surface area contributed by atoms with E-state index in [1.54, 1.807) is 12.1 Å². The molecule has 0 atom stereocenters. The Balaban J connectivity index is 1.39. The van der Waals surface area contributed by atoms with E-state index in [4.69, 9.17) is 4.74 Å². The SMILES string of the molecule is Fc1ccc(OC2CCN(c3ccc4nnnn4n3)CC2)cc1. The highest BCUT2D eigenvalue weighted by Crippen LogP contribution is 2.22. The highest BCUT2D eigenvalue weighted by molar-refractivity contribution is 5.44. The van der Waals surface area contributed by atoms with Crippen molar-refractivity contribution in [1.29, 1.82) is 0 Å². The fourth-order valence-corrected chi connectivity index (χ4v) is 2.72. The molecule has 1 fully saturated rings. The second-order valence-electron chi connectivity index (χ2n) is 5.48. The zero-order valence-electron chi connectivity index (χ0n) is 12.3. The van der Waals surface area contributed by atoms with Gasteiger partial charge in [-0.3, -0.25) is 0 Å². The molecule has 7 nitrogen and oxygen atoms in total. The van der Waals surface area contributed by atoms with Gasteiger partial charge < -0.3 is 9.64 Å². The summed E-state index contributed by atoms with van der Waals surface area (Å²) in [5.41, 5.74) is 0.628. The van der Waals surface area contributed by atoms with Gasteiger partial charge in [0.1, 0.15) is 17.7 Å². The zero-order chi connectivity index (χ0) is 15.6. The summed E-state index contributed by atoms with van der Waals surface area (Å²) in [4.78, 5) is 2.19. The molecule has 118 valence electrons. The average Bonchev–Trinajstić information content (AvgIpc) is 3.05. The van der Waals surface area contributed by atoms with Crippen LogP contribution in [0.5, 0.6) is 5.75 Å². The molecular weight excluding hydrogens is 299 g/mol. The Kier molecular flexibility index (Phi) is 3.49. The van der Waals surface area contributed by atoms with Gasteiger partial charge >= 0.3 is 0 Å². The molecule has 0 bridgehead atoms. The molecular formula is C15H15FN6O. The molecule has 1 saturated heterocycles.